The lowest BCUT2D eigenvalue weighted by molar-refractivity contribution is -0.494. The number of nitrogen functional groups attached to an aromatic ring is 1. The molecule has 2 aromatic rings. The SMILES string of the molecule is CC(C)(COP(=O)(O)OOOP(=O)(O)OOOCC1OC(n2cnc3c(N)ncnc32)C(O)C1OP(=O)(O)O)C(O)C(=O)NCCC(=O)NCCSC(=O)/C=C/CC(=O)O. The summed E-state index contributed by atoms with van der Waals surface area (Å²) in [6.07, 6.45) is -4.65. The Kier molecular flexibility index (Phi) is 19.2. The molecule has 30 nitrogen and oxygen atoms in total. The minimum Gasteiger partial charge on any atom is -0.481 e. The van der Waals surface area contributed by atoms with Gasteiger partial charge in [-0.25, -0.2) is 33.5 Å². The lowest BCUT2D eigenvalue weighted by atomic mass is 9.87. The number of amides is 2. The van der Waals surface area contributed by atoms with E-state index in [1.165, 1.54) is 19.9 Å². The summed E-state index contributed by atoms with van der Waals surface area (Å²) in [5, 5.41) is 42.0. The number of hydrogen-bond acceptors (Lipinski definition) is 23. The van der Waals surface area contributed by atoms with Crippen LogP contribution in [0.3, 0.4) is 0 Å². The van der Waals surface area contributed by atoms with Gasteiger partial charge in [-0.15, -0.1) is 0 Å². The van der Waals surface area contributed by atoms with Crippen LogP contribution in [0.4, 0.5) is 5.82 Å². The van der Waals surface area contributed by atoms with E-state index in [4.69, 9.17) is 15.6 Å². The van der Waals surface area contributed by atoms with Crippen LogP contribution in [0.1, 0.15) is 32.9 Å². The largest absolute Gasteiger partial charge is 0.531 e. The van der Waals surface area contributed by atoms with Crippen LogP contribution in [0.5, 0.6) is 0 Å². The summed E-state index contributed by atoms with van der Waals surface area (Å²) in [5.74, 6) is -2.47. The molecule has 11 N–H and O–H groups in total. The van der Waals surface area contributed by atoms with Gasteiger partial charge in [0.05, 0.1) is 19.4 Å². The number of carbonyl (C=O) groups is 4. The van der Waals surface area contributed by atoms with Crippen LogP contribution >= 0.6 is 35.2 Å². The van der Waals surface area contributed by atoms with E-state index in [1.54, 1.807) is 0 Å². The van der Waals surface area contributed by atoms with Crippen LogP contribution in [0.25, 0.3) is 11.2 Å². The number of carboxylic acid groups (broad SMARTS) is 1. The molecular formula is C26H40N7O23P3S. The van der Waals surface area contributed by atoms with Gasteiger partial charge in [0.1, 0.15) is 42.9 Å². The molecule has 3 heterocycles. The van der Waals surface area contributed by atoms with Gasteiger partial charge in [0.2, 0.25) is 16.9 Å². The second-order valence-corrected chi connectivity index (χ2v) is 17.4. The molecule has 1 aliphatic heterocycles. The van der Waals surface area contributed by atoms with Gasteiger partial charge in [-0.05, 0) is 11.1 Å². The number of imidazole rings is 1. The minimum atomic E-state index is -5.52. The minimum absolute atomic E-state index is 0.0348. The molecule has 0 spiro atoms. The maximum Gasteiger partial charge on any atom is 0.531 e. The number of carbonyl (C=O) groups excluding carboxylic acids is 3. The third-order valence-electron chi connectivity index (χ3n) is 7.34. The number of anilines is 1. The number of rotatable bonds is 26. The van der Waals surface area contributed by atoms with Crippen LogP contribution in [-0.4, -0.2) is 134 Å². The summed E-state index contributed by atoms with van der Waals surface area (Å²) in [7, 11) is -16.1. The molecule has 2 aromatic heterocycles. The van der Waals surface area contributed by atoms with Crippen molar-refractivity contribution >= 4 is 75.1 Å². The number of ether oxygens (including phenoxy) is 1. The summed E-state index contributed by atoms with van der Waals surface area (Å²) in [4.78, 5) is 101. The van der Waals surface area contributed by atoms with E-state index in [0.29, 0.717) is 0 Å². The first-order chi connectivity index (χ1) is 27.9. The zero-order valence-corrected chi connectivity index (χ0v) is 34.4. The number of aliphatic hydroxyl groups is 2. The van der Waals surface area contributed by atoms with E-state index >= 15 is 0 Å². The maximum atomic E-state index is 12.4. The molecule has 1 aliphatic rings. The Hall–Kier alpha value is -3.39. The molecule has 7 unspecified atom stereocenters. The van der Waals surface area contributed by atoms with Gasteiger partial charge in [0.25, 0.3) is 0 Å². The first-order valence-corrected chi connectivity index (χ1v) is 22.0. The Morgan fingerprint density at radius 3 is 2.40 bits per heavy atom. The molecule has 338 valence electrons. The fourth-order valence-corrected chi connectivity index (χ4v) is 6.64. The standard InChI is InChI=1S/C26H40N7O23P3S/c1-26(2,21(39)24(40)29-7-6-15(34)28-8-9-60-17(37)5-3-4-16(35)36)11-49-58(44,45)55-53-56-59(46,47)54-52-48-10-14-20(51-57(41,42)43)19(38)25(50-14)33-13-32-18-22(27)30-12-31-23(18)33/h3,5,12-14,19-21,25,38-39H,4,6-11H2,1-2H3,(H,28,34)(H,29,40)(H,35,36)(H,44,45)(H,46,47)(H2,27,30,31)(H2,41,42,43)/b5-3+. The van der Waals surface area contributed by atoms with Gasteiger partial charge in [0.15, 0.2) is 17.7 Å². The second-order valence-electron chi connectivity index (χ2n) is 12.5. The second kappa shape index (κ2) is 22.6. The van der Waals surface area contributed by atoms with Crippen molar-refractivity contribution in [3.63, 3.8) is 0 Å². The van der Waals surface area contributed by atoms with Crippen LogP contribution in [0.2, 0.25) is 0 Å². The van der Waals surface area contributed by atoms with Crippen LogP contribution in [0, 0.1) is 5.41 Å². The number of thioether (sulfide) groups is 1. The monoisotopic (exact) mass is 943 g/mol. The Bertz CT molecular complexity index is 1990. The lowest BCUT2D eigenvalue weighted by Gasteiger charge is -2.29. The third-order valence-corrected chi connectivity index (χ3v) is 9.89. The number of fused-ring (bicyclic) bond motifs is 1. The Morgan fingerprint density at radius 1 is 1.03 bits per heavy atom. The van der Waals surface area contributed by atoms with Gasteiger partial charge in [0, 0.05) is 30.7 Å². The number of nitrogens with zero attached hydrogens (tertiary/aromatic N) is 4. The Balaban J connectivity index is 1.37. The van der Waals surface area contributed by atoms with E-state index in [0.717, 1.165) is 35.1 Å². The Morgan fingerprint density at radius 2 is 1.72 bits per heavy atom. The number of nitrogens with one attached hydrogen (secondary N) is 2. The molecule has 1 fully saturated rings. The number of carboxylic acids is 1. The average Bonchev–Trinajstić information content (AvgIpc) is 3.70. The van der Waals surface area contributed by atoms with E-state index in [9.17, 15) is 62.7 Å². The van der Waals surface area contributed by atoms with Crippen LogP contribution in [0.15, 0.2) is 24.8 Å². The molecule has 0 radical (unpaired) electrons. The summed E-state index contributed by atoms with van der Waals surface area (Å²) in [5.41, 5.74) is 4.29. The molecule has 34 heteroatoms. The van der Waals surface area contributed by atoms with E-state index in [1.807, 2.05) is 0 Å². The number of aliphatic hydroxyl groups excluding tert-OH is 2. The first-order valence-electron chi connectivity index (χ1n) is 16.5. The van der Waals surface area contributed by atoms with Gasteiger partial charge < -0.3 is 51.1 Å². The van der Waals surface area contributed by atoms with Crippen molar-refractivity contribution < 1.29 is 111 Å². The summed E-state index contributed by atoms with van der Waals surface area (Å²) in [6.45, 7) is 0.499. The van der Waals surface area contributed by atoms with Crippen LogP contribution in [-0.2, 0) is 75.6 Å². The van der Waals surface area contributed by atoms with Crippen molar-refractivity contribution in [1.29, 1.82) is 0 Å². The molecule has 3 rings (SSSR count). The van der Waals surface area contributed by atoms with Gasteiger partial charge in [-0.2, -0.15) is 0 Å². The molecule has 0 aromatic carbocycles. The first kappa shape index (κ1) is 51.0. The van der Waals surface area contributed by atoms with Gasteiger partial charge in [-0.3, -0.25) is 37.7 Å². The van der Waals surface area contributed by atoms with Gasteiger partial charge >= 0.3 is 29.4 Å². The number of phosphoric acid groups is 3. The predicted octanol–water partition coefficient (Wildman–Crippen LogP) is -1.58. The summed E-state index contributed by atoms with van der Waals surface area (Å²) < 4.78 is 63.5. The number of nitrogens with two attached hydrogens (primary N) is 1. The van der Waals surface area contributed by atoms with Crippen LogP contribution < -0.4 is 16.4 Å². The average molecular weight is 944 g/mol. The number of aliphatic carboxylic acids is 1. The summed E-state index contributed by atoms with van der Waals surface area (Å²) >= 11 is 0.840. The number of hydrogen-bond donors (Lipinski definition) is 10. The molecule has 60 heavy (non-hydrogen) atoms. The topological polar surface area (TPSA) is 438 Å². The molecule has 7 atom stereocenters. The molecule has 0 aliphatic carbocycles. The number of aromatic nitrogens is 4. The molecule has 1 saturated heterocycles. The summed E-state index contributed by atoms with van der Waals surface area (Å²) in [6, 6.07) is 0. The maximum absolute atomic E-state index is 12.4. The lowest BCUT2D eigenvalue weighted by Crippen LogP contribution is -2.46. The normalized spacial score (nSPS) is 21.1. The Labute approximate surface area is 340 Å². The fourth-order valence-electron chi connectivity index (χ4n) is 4.52. The van der Waals surface area contributed by atoms with Crippen molar-refractivity contribution in [2.45, 2.75) is 57.3 Å². The quantitative estimate of drug-likeness (QED) is 0.0167. The van der Waals surface area contributed by atoms with Crippen molar-refractivity contribution in [1.82, 2.24) is 30.2 Å². The van der Waals surface area contributed by atoms with E-state index in [2.05, 4.69) is 63.6 Å². The van der Waals surface area contributed by atoms with Crippen molar-refractivity contribution in [2.75, 3.05) is 37.8 Å². The molecular weight excluding hydrogens is 903 g/mol. The van der Waals surface area contributed by atoms with Crippen molar-refractivity contribution in [3.8, 4) is 0 Å². The molecule has 0 saturated carbocycles. The van der Waals surface area contributed by atoms with E-state index < -0.39 is 95.6 Å². The molecule has 0 bridgehead atoms. The van der Waals surface area contributed by atoms with E-state index in [-0.39, 0.29) is 48.7 Å². The highest BCUT2D eigenvalue weighted by molar-refractivity contribution is 8.14. The highest BCUT2D eigenvalue weighted by Gasteiger charge is 2.49. The third kappa shape index (κ3) is 16.8. The predicted molar refractivity (Wildman–Crippen MR) is 193 cm³/mol. The highest BCUT2D eigenvalue weighted by Crippen LogP contribution is 2.50. The van der Waals surface area contributed by atoms with Crippen molar-refractivity contribution in [2.24, 2.45) is 5.41 Å². The number of phosphoric ester groups is 2. The molecule has 2 amide bonds. The fraction of sp³-hybridized carbons (Fsp3) is 0.577. The zero-order chi connectivity index (χ0) is 44.9. The smallest absolute Gasteiger partial charge is 0.481 e. The zero-order valence-electron chi connectivity index (χ0n) is 30.9. The van der Waals surface area contributed by atoms with Gasteiger partial charge in [-0.1, -0.05) is 50.7 Å². The highest BCUT2D eigenvalue weighted by atomic mass is 32.2. The van der Waals surface area contributed by atoms with Crippen molar-refractivity contribution in [3.05, 3.63) is 24.8 Å².